The second-order valence-corrected chi connectivity index (χ2v) is 7.42. The van der Waals surface area contributed by atoms with Gasteiger partial charge in [-0.25, -0.2) is 14.8 Å². The van der Waals surface area contributed by atoms with Gasteiger partial charge < -0.3 is 15.4 Å². The fourth-order valence-corrected chi connectivity index (χ4v) is 3.41. The summed E-state index contributed by atoms with van der Waals surface area (Å²) in [6, 6.07) is 11.0. The number of hydrogen-bond donors (Lipinski definition) is 2. The standard InChI is InChI=1S/C24H22N6O4/c1-15(31)16-4-3-5-17(12-16)27-24(33)28-18-6-7-20-19(13-18)23(32)30(10-11-34-2)22(29-20)21-14-25-8-9-26-21/h3-9,12-14H,10-11H2,1-2H3,(H2,27,28,33). The molecule has 34 heavy (non-hydrogen) atoms. The lowest BCUT2D eigenvalue weighted by Gasteiger charge is -2.13. The minimum Gasteiger partial charge on any atom is -0.383 e. The zero-order valence-electron chi connectivity index (χ0n) is 18.6. The number of fused-ring (bicyclic) bond motifs is 1. The number of benzene rings is 2. The van der Waals surface area contributed by atoms with Gasteiger partial charge in [-0.1, -0.05) is 12.1 Å². The number of aromatic nitrogens is 4. The van der Waals surface area contributed by atoms with Gasteiger partial charge in [-0.3, -0.25) is 19.1 Å². The van der Waals surface area contributed by atoms with Crippen LogP contribution in [0.3, 0.4) is 0 Å². The predicted molar refractivity (Wildman–Crippen MR) is 128 cm³/mol. The summed E-state index contributed by atoms with van der Waals surface area (Å²) >= 11 is 0. The molecular formula is C24H22N6O4. The lowest BCUT2D eigenvalue weighted by atomic mass is 10.1. The topological polar surface area (TPSA) is 128 Å². The van der Waals surface area contributed by atoms with Crippen molar-refractivity contribution in [3.63, 3.8) is 0 Å². The van der Waals surface area contributed by atoms with E-state index in [1.165, 1.54) is 23.9 Å². The van der Waals surface area contributed by atoms with Gasteiger partial charge in [0.2, 0.25) is 0 Å². The molecule has 0 fully saturated rings. The number of Topliss-reactive ketones (excluding diaryl/α,β-unsaturated/α-hetero) is 1. The predicted octanol–water partition coefficient (Wildman–Crippen LogP) is 3.35. The zero-order chi connectivity index (χ0) is 24.1. The van der Waals surface area contributed by atoms with Crippen LogP contribution in [-0.2, 0) is 11.3 Å². The van der Waals surface area contributed by atoms with Gasteiger partial charge in [-0.15, -0.1) is 0 Å². The number of amides is 2. The summed E-state index contributed by atoms with van der Waals surface area (Å²) in [6.45, 7) is 2.03. The summed E-state index contributed by atoms with van der Waals surface area (Å²) in [5.74, 6) is 0.281. The third kappa shape index (κ3) is 4.97. The summed E-state index contributed by atoms with van der Waals surface area (Å²) in [6.07, 6.45) is 4.61. The van der Waals surface area contributed by atoms with Crippen LogP contribution in [0.5, 0.6) is 0 Å². The first-order valence-corrected chi connectivity index (χ1v) is 10.4. The fraction of sp³-hybridized carbons (Fsp3) is 0.167. The Kier molecular flexibility index (Phi) is 6.69. The van der Waals surface area contributed by atoms with Crippen molar-refractivity contribution >= 4 is 34.1 Å². The van der Waals surface area contributed by atoms with Crippen molar-refractivity contribution in [2.45, 2.75) is 13.5 Å². The molecule has 0 spiro atoms. The molecule has 2 heterocycles. The van der Waals surface area contributed by atoms with E-state index >= 15 is 0 Å². The molecular weight excluding hydrogens is 436 g/mol. The van der Waals surface area contributed by atoms with Crippen molar-refractivity contribution in [3.8, 4) is 11.5 Å². The van der Waals surface area contributed by atoms with Crippen molar-refractivity contribution in [1.82, 2.24) is 19.5 Å². The number of rotatable bonds is 7. The van der Waals surface area contributed by atoms with Gasteiger partial charge in [-0.05, 0) is 37.3 Å². The normalized spacial score (nSPS) is 10.8. The average Bonchev–Trinajstić information content (AvgIpc) is 2.84. The number of ether oxygens (including phenoxy) is 1. The highest BCUT2D eigenvalue weighted by Gasteiger charge is 2.15. The number of carbonyl (C=O) groups excluding carboxylic acids is 2. The van der Waals surface area contributed by atoms with Crippen molar-refractivity contribution in [1.29, 1.82) is 0 Å². The summed E-state index contributed by atoms with van der Waals surface area (Å²) in [5.41, 5.74) is 2.01. The SMILES string of the molecule is COCCn1c(-c2cnccn2)nc2ccc(NC(=O)Nc3cccc(C(C)=O)c3)cc2c1=O. The molecule has 0 aliphatic heterocycles. The van der Waals surface area contributed by atoms with Gasteiger partial charge >= 0.3 is 6.03 Å². The number of anilines is 2. The Morgan fingerprint density at radius 3 is 2.56 bits per heavy atom. The van der Waals surface area contributed by atoms with Crippen LogP contribution in [0.1, 0.15) is 17.3 Å². The molecule has 0 saturated carbocycles. The molecule has 4 rings (SSSR count). The maximum absolute atomic E-state index is 13.3. The molecule has 0 aliphatic rings. The van der Waals surface area contributed by atoms with E-state index in [9.17, 15) is 14.4 Å². The van der Waals surface area contributed by atoms with Crippen molar-refractivity contribution in [2.24, 2.45) is 0 Å². The van der Waals surface area contributed by atoms with Crippen molar-refractivity contribution in [2.75, 3.05) is 24.4 Å². The van der Waals surface area contributed by atoms with E-state index in [1.807, 2.05) is 0 Å². The summed E-state index contributed by atoms with van der Waals surface area (Å²) < 4.78 is 6.63. The van der Waals surface area contributed by atoms with Gasteiger partial charge in [0.15, 0.2) is 11.6 Å². The maximum Gasteiger partial charge on any atom is 0.323 e. The van der Waals surface area contributed by atoms with E-state index in [0.29, 0.717) is 46.0 Å². The zero-order valence-corrected chi connectivity index (χ0v) is 18.6. The number of hydrogen-bond acceptors (Lipinski definition) is 7. The molecule has 10 nitrogen and oxygen atoms in total. The minimum atomic E-state index is -0.510. The Bertz CT molecular complexity index is 1420. The van der Waals surface area contributed by atoms with E-state index < -0.39 is 6.03 Å². The molecule has 10 heteroatoms. The minimum absolute atomic E-state index is 0.100. The van der Waals surface area contributed by atoms with E-state index in [1.54, 1.807) is 55.8 Å². The Labute approximate surface area is 194 Å². The molecule has 0 saturated heterocycles. The largest absolute Gasteiger partial charge is 0.383 e. The van der Waals surface area contributed by atoms with Crippen LogP contribution in [0.2, 0.25) is 0 Å². The Morgan fingerprint density at radius 1 is 1.06 bits per heavy atom. The van der Waals surface area contributed by atoms with Crippen LogP contribution < -0.4 is 16.2 Å². The molecule has 2 aromatic carbocycles. The monoisotopic (exact) mass is 458 g/mol. The Morgan fingerprint density at radius 2 is 1.85 bits per heavy atom. The van der Waals surface area contributed by atoms with Gasteiger partial charge in [-0.2, -0.15) is 0 Å². The molecule has 0 bridgehead atoms. The Balaban J connectivity index is 1.65. The lowest BCUT2D eigenvalue weighted by molar-refractivity contribution is 0.101. The molecule has 0 unspecified atom stereocenters. The van der Waals surface area contributed by atoms with E-state index in [0.717, 1.165) is 0 Å². The average molecular weight is 458 g/mol. The summed E-state index contributed by atoms with van der Waals surface area (Å²) in [4.78, 5) is 50.3. The van der Waals surface area contributed by atoms with E-state index in [4.69, 9.17) is 4.74 Å². The van der Waals surface area contributed by atoms with Crippen LogP contribution >= 0.6 is 0 Å². The first kappa shape index (κ1) is 22.7. The molecule has 0 atom stereocenters. The molecule has 4 aromatic rings. The van der Waals surface area contributed by atoms with Crippen LogP contribution in [0.4, 0.5) is 16.2 Å². The highest BCUT2D eigenvalue weighted by Crippen LogP contribution is 2.20. The molecule has 0 aliphatic carbocycles. The third-order valence-corrected chi connectivity index (χ3v) is 5.05. The molecule has 172 valence electrons. The number of urea groups is 1. The second-order valence-electron chi connectivity index (χ2n) is 7.42. The number of nitrogens with zero attached hydrogens (tertiary/aromatic N) is 4. The summed E-state index contributed by atoms with van der Waals surface area (Å²) in [5, 5.41) is 5.73. The Hall–Kier alpha value is -4.44. The quantitative estimate of drug-likeness (QED) is 0.407. The number of ketones is 1. The molecule has 0 radical (unpaired) electrons. The van der Waals surface area contributed by atoms with Gasteiger partial charge in [0.1, 0.15) is 5.69 Å². The molecule has 2 N–H and O–H groups in total. The number of carbonyl (C=O) groups is 2. The molecule has 2 amide bonds. The second kappa shape index (κ2) is 10.0. The van der Waals surface area contributed by atoms with Crippen LogP contribution in [0.15, 0.2) is 65.8 Å². The highest BCUT2D eigenvalue weighted by molar-refractivity contribution is 6.02. The summed E-state index contributed by atoms with van der Waals surface area (Å²) in [7, 11) is 1.55. The van der Waals surface area contributed by atoms with E-state index in [-0.39, 0.29) is 17.9 Å². The van der Waals surface area contributed by atoms with Crippen molar-refractivity contribution < 1.29 is 14.3 Å². The first-order chi connectivity index (χ1) is 16.5. The van der Waals surface area contributed by atoms with Crippen LogP contribution in [0.25, 0.3) is 22.4 Å². The maximum atomic E-state index is 13.3. The third-order valence-electron chi connectivity index (χ3n) is 5.05. The lowest BCUT2D eigenvalue weighted by Crippen LogP contribution is -2.26. The number of methoxy groups -OCH3 is 1. The van der Waals surface area contributed by atoms with Crippen LogP contribution in [0, 0.1) is 0 Å². The van der Waals surface area contributed by atoms with E-state index in [2.05, 4.69) is 25.6 Å². The highest BCUT2D eigenvalue weighted by atomic mass is 16.5. The van der Waals surface area contributed by atoms with Gasteiger partial charge in [0, 0.05) is 36.4 Å². The van der Waals surface area contributed by atoms with Gasteiger partial charge in [0.25, 0.3) is 5.56 Å². The van der Waals surface area contributed by atoms with Crippen LogP contribution in [-0.4, -0.2) is 45.1 Å². The first-order valence-electron chi connectivity index (χ1n) is 10.4. The fourth-order valence-electron chi connectivity index (χ4n) is 3.41. The van der Waals surface area contributed by atoms with Crippen molar-refractivity contribution in [3.05, 3.63) is 77.0 Å². The van der Waals surface area contributed by atoms with Gasteiger partial charge in [0.05, 0.1) is 30.3 Å². The number of nitrogens with one attached hydrogen (secondary N) is 2. The molecule has 2 aromatic heterocycles. The smallest absolute Gasteiger partial charge is 0.323 e.